The largest absolute Gasteiger partial charge is 0.634 e. The van der Waals surface area contributed by atoms with Gasteiger partial charge in [0.15, 0.2) is 0 Å². The third-order valence-electron chi connectivity index (χ3n) is 2.96. The number of hydrogen-bond acceptors (Lipinski definition) is 5. The van der Waals surface area contributed by atoms with Crippen LogP contribution in [0, 0.1) is 0 Å². The molecule has 20 heavy (non-hydrogen) atoms. The molecule has 0 bridgehead atoms. The van der Waals surface area contributed by atoms with Gasteiger partial charge in [-0.1, -0.05) is 19.2 Å². The minimum absolute atomic E-state index is 0.354. The van der Waals surface area contributed by atoms with E-state index >= 15 is 0 Å². The number of aromatic nitrogens is 1. The first kappa shape index (κ1) is 14.5. The molecule has 5 nitrogen and oxygen atoms in total. The lowest BCUT2D eigenvalue weighted by atomic mass is 9.81. The van der Waals surface area contributed by atoms with Crippen molar-refractivity contribution in [1.29, 1.82) is 0 Å². The first-order valence-electron chi connectivity index (χ1n) is 6.27. The Labute approximate surface area is 119 Å². The van der Waals surface area contributed by atoms with Gasteiger partial charge in [0.1, 0.15) is 18.1 Å². The summed E-state index contributed by atoms with van der Waals surface area (Å²) < 4.78 is 21.7. The van der Waals surface area contributed by atoms with Gasteiger partial charge < -0.3 is 18.8 Å². The zero-order valence-corrected chi connectivity index (χ0v) is 12.0. The van der Waals surface area contributed by atoms with Gasteiger partial charge in [-0.05, 0) is 13.8 Å². The van der Waals surface area contributed by atoms with Gasteiger partial charge in [-0.15, -0.1) is 0 Å². The molecule has 0 spiro atoms. The fraction of sp³-hybridized carbons (Fsp3) is 0.357. The van der Waals surface area contributed by atoms with E-state index < -0.39 is 7.12 Å². The Morgan fingerprint density at radius 2 is 1.90 bits per heavy atom. The molecule has 0 unspecified atom stereocenters. The fourth-order valence-electron chi connectivity index (χ4n) is 1.47. The van der Waals surface area contributed by atoms with Gasteiger partial charge in [-0.3, -0.25) is 0 Å². The van der Waals surface area contributed by atoms with Crippen molar-refractivity contribution < 1.29 is 18.8 Å². The Hall–Kier alpha value is -1.95. The van der Waals surface area contributed by atoms with E-state index in [9.17, 15) is 0 Å². The zero-order valence-electron chi connectivity index (χ0n) is 12.0. The molecule has 0 aromatic carbocycles. The second-order valence-electron chi connectivity index (χ2n) is 5.10. The Bertz CT molecular complexity index is 496. The molecule has 0 radical (unpaired) electrons. The number of rotatable bonds is 5. The molecule has 0 atom stereocenters. The van der Waals surface area contributed by atoms with Gasteiger partial charge in [0.25, 0.3) is 0 Å². The summed E-state index contributed by atoms with van der Waals surface area (Å²) in [4.78, 5) is 4.21. The molecule has 1 saturated heterocycles. The van der Waals surface area contributed by atoms with Crippen LogP contribution < -0.4 is 10.2 Å². The van der Waals surface area contributed by atoms with Crippen molar-refractivity contribution in [2.45, 2.75) is 19.4 Å². The van der Waals surface area contributed by atoms with Gasteiger partial charge in [0, 0.05) is 24.8 Å². The van der Waals surface area contributed by atoms with E-state index in [1.165, 1.54) is 0 Å². The molecule has 1 aromatic heterocycles. The lowest BCUT2D eigenvalue weighted by Gasteiger charge is -2.22. The normalized spacial score (nSPS) is 15.1. The molecule has 0 amide bonds. The molecule has 106 valence electrons. The Balaban J connectivity index is 1.97. The lowest BCUT2D eigenvalue weighted by Crippen LogP contribution is -2.32. The molecule has 2 rings (SSSR count). The third kappa shape index (κ3) is 3.33. The summed E-state index contributed by atoms with van der Waals surface area (Å²) in [6.45, 7) is 11.7. The predicted octanol–water partition coefficient (Wildman–Crippen LogP) is 1.65. The minimum Gasteiger partial charge on any atom is -0.520 e. The van der Waals surface area contributed by atoms with Crippen molar-refractivity contribution in [3.05, 3.63) is 43.0 Å². The van der Waals surface area contributed by atoms with Crippen LogP contribution >= 0.6 is 0 Å². The van der Waals surface area contributed by atoms with Crippen molar-refractivity contribution in [2.24, 2.45) is 0 Å². The zero-order chi connectivity index (χ0) is 14.8. The first-order chi connectivity index (χ1) is 9.41. The summed E-state index contributed by atoms with van der Waals surface area (Å²) in [6, 6.07) is 3.59. The highest BCUT2D eigenvalue weighted by Crippen LogP contribution is 2.20. The molecular formula is C14H18BNO4. The van der Waals surface area contributed by atoms with Crippen molar-refractivity contribution in [1.82, 2.24) is 4.98 Å². The van der Waals surface area contributed by atoms with Crippen molar-refractivity contribution in [2.75, 3.05) is 13.7 Å². The quantitative estimate of drug-likeness (QED) is 0.765. The molecule has 0 aliphatic carbocycles. The number of hydrogen-bond donors (Lipinski definition) is 0. The molecule has 6 heteroatoms. The molecule has 1 aromatic rings. The van der Waals surface area contributed by atoms with Gasteiger partial charge in [0.05, 0.1) is 5.60 Å². The number of pyridine rings is 1. The van der Waals surface area contributed by atoms with Gasteiger partial charge in [-0.2, -0.15) is 0 Å². The molecule has 1 aliphatic heterocycles. The third-order valence-corrected chi connectivity index (χ3v) is 2.96. The Morgan fingerprint density at radius 1 is 1.25 bits per heavy atom. The van der Waals surface area contributed by atoms with Crippen LogP contribution in [0.5, 0.6) is 5.88 Å². The smallest absolute Gasteiger partial charge is 0.520 e. The van der Waals surface area contributed by atoms with Gasteiger partial charge in [0.2, 0.25) is 5.88 Å². The van der Waals surface area contributed by atoms with Gasteiger partial charge in [-0.25, -0.2) is 4.98 Å². The number of methoxy groups -OCH3 is 1. The summed E-state index contributed by atoms with van der Waals surface area (Å²) in [5.41, 5.74) is 0.427. The molecule has 0 saturated carbocycles. The number of nitrogens with zero attached hydrogens (tertiary/aromatic N) is 1. The van der Waals surface area contributed by atoms with E-state index in [2.05, 4.69) is 18.1 Å². The first-order valence-corrected chi connectivity index (χ1v) is 6.27. The summed E-state index contributed by atoms with van der Waals surface area (Å²) >= 11 is 0. The second-order valence-corrected chi connectivity index (χ2v) is 5.10. The molecular weight excluding hydrogens is 257 g/mol. The Morgan fingerprint density at radius 3 is 2.40 bits per heavy atom. The Kier molecular flexibility index (Phi) is 4.04. The summed E-state index contributed by atoms with van der Waals surface area (Å²) in [6.07, 6.45) is 1.64. The summed E-state index contributed by atoms with van der Waals surface area (Å²) in [5.74, 6) is 1.41. The highest BCUT2D eigenvalue weighted by molar-refractivity contribution is 6.62. The highest BCUT2D eigenvalue weighted by atomic mass is 16.6. The van der Waals surface area contributed by atoms with E-state index in [1.807, 2.05) is 19.9 Å². The molecule has 1 aliphatic rings. The summed E-state index contributed by atoms with van der Waals surface area (Å²) in [5, 5.41) is 0. The molecule has 1 fully saturated rings. The lowest BCUT2D eigenvalue weighted by molar-refractivity contribution is -0.0157. The predicted molar refractivity (Wildman–Crippen MR) is 76.7 cm³/mol. The van der Waals surface area contributed by atoms with Crippen LogP contribution in [0.4, 0.5) is 0 Å². The summed E-state index contributed by atoms with van der Waals surface area (Å²) in [7, 11) is 1.11. The topological polar surface area (TPSA) is 49.8 Å². The van der Waals surface area contributed by atoms with Crippen LogP contribution in [0.2, 0.25) is 0 Å². The SMILES string of the molecule is C=C1OB(c2ccc(OCC(C)(C)OC)nc2)OC1=C. The average molecular weight is 275 g/mol. The van der Waals surface area contributed by atoms with Crippen molar-refractivity contribution in [3.63, 3.8) is 0 Å². The van der Waals surface area contributed by atoms with Crippen LogP contribution in [0.25, 0.3) is 0 Å². The van der Waals surface area contributed by atoms with Crippen LogP contribution in [0.1, 0.15) is 13.8 Å². The standard InChI is InChI=1S/C14H18BNO4/c1-10-11(2)20-15(19-10)12-6-7-13(16-8-12)18-9-14(3,4)17-5/h6-8H,1-2,9H2,3-5H3. The van der Waals surface area contributed by atoms with Crippen LogP contribution in [0.15, 0.2) is 43.0 Å². The van der Waals surface area contributed by atoms with Gasteiger partial charge >= 0.3 is 7.12 Å². The van der Waals surface area contributed by atoms with E-state index in [-0.39, 0.29) is 5.60 Å². The maximum Gasteiger partial charge on any atom is 0.634 e. The van der Waals surface area contributed by atoms with E-state index in [4.69, 9.17) is 18.8 Å². The van der Waals surface area contributed by atoms with Crippen molar-refractivity contribution >= 4 is 12.6 Å². The minimum atomic E-state index is -0.535. The van der Waals surface area contributed by atoms with Crippen LogP contribution in [-0.2, 0) is 14.0 Å². The van der Waals surface area contributed by atoms with Crippen molar-refractivity contribution in [3.8, 4) is 5.88 Å². The van der Waals surface area contributed by atoms with E-state index in [0.29, 0.717) is 24.0 Å². The van der Waals surface area contributed by atoms with Crippen LogP contribution in [-0.4, -0.2) is 31.4 Å². The van der Waals surface area contributed by atoms with E-state index in [0.717, 1.165) is 5.46 Å². The maximum absolute atomic E-state index is 5.57. The fourth-order valence-corrected chi connectivity index (χ4v) is 1.47. The average Bonchev–Trinajstić information content (AvgIpc) is 2.77. The second kappa shape index (κ2) is 5.59. The van der Waals surface area contributed by atoms with Crippen LogP contribution in [0.3, 0.4) is 0 Å². The molecule has 0 N–H and O–H groups in total. The highest BCUT2D eigenvalue weighted by Gasteiger charge is 2.34. The maximum atomic E-state index is 5.57. The van der Waals surface area contributed by atoms with E-state index in [1.54, 1.807) is 19.4 Å². The molecule has 2 heterocycles. The number of ether oxygens (including phenoxy) is 2. The monoisotopic (exact) mass is 275 g/mol.